The summed E-state index contributed by atoms with van der Waals surface area (Å²) in [6.45, 7) is 6.57. The lowest BCUT2D eigenvalue weighted by atomic mass is 10.1. The summed E-state index contributed by atoms with van der Waals surface area (Å²) in [6, 6.07) is 16.6. The lowest BCUT2D eigenvalue weighted by molar-refractivity contribution is -0.892. The van der Waals surface area contributed by atoms with E-state index >= 15 is 0 Å². The fourth-order valence-corrected chi connectivity index (χ4v) is 4.36. The molecule has 2 aliphatic heterocycles. The second-order valence-electron chi connectivity index (χ2n) is 7.34. The first-order valence-corrected chi connectivity index (χ1v) is 9.73. The van der Waals surface area contributed by atoms with Gasteiger partial charge in [-0.2, -0.15) is 0 Å². The van der Waals surface area contributed by atoms with Crippen molar-refractivity contribution in [2.45, 2.75) is 19.4 Å². The number of anilines is 2. The van der Waals surface area contributed by atoms with E-state index in [1.165, 1.54) is 16.2 Å². The molecule has 2 aliphatic rings. The molecule has 1 saturated heterocycles. The van der Waals surface area contributed by atoms with Crippen LogP contribution in [0.15, 0.2) is 48.5 Å². The normalized spacial score (nSPS) is 20.3. The maximum atomic E-state index is 13.0. The highest BCUT2D eigenvalue weighted by atomic mass is 35.5. The zero-order chi connectivity index (χ0) is 18.1. The van der Waals surface area contributed by atoms with Crippen molar-refractivity contribution >= 4 is 28.9 Å². The molecule has 0 radical (unpaired) electrons. The predicted octanol–water partition coefficient (Wildman–Crippen LogP) is 2.02. The largest absolute Gasteiger partial charge is 0.360 e. The molecule has 0 unspecified atom stereocenters. The smallest absolute Gasteiger partial charge is 0.282 e. The van der Waals surface area contributed by atoms with Gasteiger partial charge in [0.15, 0.2) is 6.54 Å². The zero-order valence-corrected chi connectivity index (χ0v) is 15.9. The molecular weight excluding hydrogens is 346 g/mol. The molecule has 1 fully saturated rings. The summed E-state index contributed by atoms with van der Waals surface area (Å²) in [6.07, 6.45) is 0.958. The molecule has 0 aromatic heterocycles. The van der Waals surface area contributed by atoms with Crippen LogP contribution >= 0.6 is 11.6 Å². The van der Waals surface area contributed by atoms with Gasteiger partial charge in [-0.25, -0.2) is 0 Å². The van der Waals surface area contributed by atoms with Gasteiger partial charge >= 0.3 is 0 Å². The summed E-state index contributed by atoms with van der Waals surface area (Å²) < 4.78 is 0. The Morgan fingerprint density at radius 2 is 1.92 bits per heavy atom. The van der Waals surface area contributed by atoms with Gasteiger partial charge in [-0.15, -0.1) is 0 Å². The molecule has 2 aromatic rings. The Kier molecular flexibility index (Phi) is 4.88. The van der Waals surface area contributed by atoms with E-state index < -0.39 is 0 Å². The van der Waals surface area contributed by atoms with Crippen LogP contribution in [-0.2, 0) is 11.2 Å². The Labute approximate surface area is 160 Å². The van der Waals surface area contributed by atoms with E-state index in [0.29, 0.717) is 6.54 Å². The van der Waals surface area contributed by atoms with Crippen LogP contribution in [0.2, 0.25) is 5.02 Å². The minimum absolute atomic E-state index is 0.244. The third-order valence-electron chi connectivity index (χ3n) is 5.52. The molecule has 5 heteroatoms. The maximum Gasteiger partial charge on any atom is 0.282 e. The van der Waals surface area contributed by atoms with Crippen molar-refractivity contribution in [1.82, 2.24) is 0 Å². The molecule has 1 atom stereocenters. The summed E-state index contributed by atoms with van der Waals surface area (Å²) in [5, 5.41) is 0.772. The molecule has 4 rings (SSSR count). The molecule has 136 valence electrons. The SMILES string of the molecule is C[C@@H]1Cc2ccccc2N1C(=O)C[NH+]1CCN(c2cccc(Cl)c2)CC1. The van der Waals surface area contributed by atoms with Gasteiger partial charge in [-0.3, -0.25) is 4.79 Å². The van der Waals surface area contributed by atoms with Crippen molar-refractivity contribution < 1.29 is 9.69 Å². The molecule has 0 spiro atoms. The Bertz CT molecular complexity index is 801. The van der Waals surface area contributed by atoms with E-state index in [1.54, 1.807) is 0 Å². The molecule has 0 saturated carbocycles. The average Bonchev–Trinajstić information content (AvgIpc) is 2.98. The van der Waals surface area contributed by atoms with Gasteiger partial charge in [0.05, 0.1) is 26.2 Å². The quantitative estimate of drug-likeness (QED) is 0.895. The number of hydrogen-bond acceptors (Lipinski definition) is 2. The van der Waals surface area contributed by atoms with Gasteiger partial charge in [-0.1, -0.05) is 35.9 Å². The summed E-state index contributed by atoms with van der Waals surface area (Å²) >= 11 is 6.11. The molecule has 0 aliphatic carbocycles. The molecular formula is C21H25ClN3O+. The number of para-hydroxylation sites is 1. The second-order valence-corrected chi connectivity index (χ2v) is 7.78. The standard InChI is InChI=1S/C21H24ClN3O/c1-16-13-17-5-2-3-8-20(17)25(16)21(26)15-23-9-11-24(12-10-23)19-7-4-6-18(22)14-19/h2-8,14,16H,9-13,15H2,1H3/p+1/t16-/m1/s1. The van der Waals surface area contributed by atoms with Crippen molar-refractivity contribution in [2.75, 3.05) is 42.5 Å². The van der Waals surface area contributed by atoms with Crippen LogP contribution < -0.4 is 14.7 Å². The number of amides is 1. The Morgan fingerprint density at radius 3 is 2.69 bits per heavy atom. The van der Waals surface area contributed by atoms with E-state index in [0.717, 1.165) is 43.3 Å². The summed E-state index contributed by atoms with van der Waals surface area (Å²) in [7, 11) is 0. The first kappa shape index (κ1) is 17.4. The highest BCUT2D eigenvalue weighted by molar-refractivity contribution is 6.30. The highest BCUT2D eigenvalue weighted by Crippen LogP contribution is 2.31. The number of halogens is 1. The topological polar surface area (TPSA) is 28.0 Å². The van der Waals surface area contributed by atoms with Crippen LogP contribution in [0.1, 0.15) is 12.5 Å². The molecule has 1 amide bonds. The first-order chi connectivity index (χ1) is 12.6. The molecule has 2 heterocycles. The third-order valence-corrected chi connectivity index (χ3v) is 5.76. The van der Waals surface area contributed by atoms with Gasteiger partial charge in [0.25, 0.3) is 5.91 Å². The Hall–Kier alpha value is -2.04. The van der Waals surface area contributed by atoms with Crippen molar-refractivity contribution in [1.29, 1.82) is 0 Å². The van der Waals surface area contributed by atoms with Crippen molar-refractivity contribution in [3.05, 3.63) is 59.1 Å². The molecule has 4 nitrogen and oxygen atoms in total. The summed E-state index contributed by atoms with van der Waals surface area (Å²) in [5.41, 5.74) is 3.56. The number of hydrogen-bond donors (Lipinski definition) is 1. The first-order valence-electron chi connectivity index (χ1n) is 9.36. The monoisotopic (exact) mass is 370 g/mol. The minimum Gasteiger partial charge on any atom is -0.360 e. The van der Waals surface area contributed by atoms with Crippen LogP contribution in [0.3, 0.4) is 0 Å². The number of piperazine rings is 1. The van der Waals surface area contributed by atoms with E-state index in [4.69, 9.17) is 11.6 Å². The van der Waals surface area contributed by atoms with Crippen LogP contribution in [0.25, 0.3) is 0 Å². The summed E-state index contributed by atoms with van der Waals surface area (Å²) in [5.74, 6) is 0.244. The lowest BCUT2D eigenvalue weighted by Gasteiger charge is -2.34. The number of nitrogens with zero attached hydrogens (tertiary/aromatic N) is 2. The predicted molar refractivity (Wildman–Crippen MR) is 106 cm³/mol. The lowest BCUT2D eigenvalue weighted by Crippen LogP contribution is -3.16. The summed E-state index contributed by atoms with van der Waals surface area (Å²) in [4.78, 5) is 18.7. The molecule has 2 aromatic carbocycles. The Balaban J connectivity index is 1.37. The van der Waals surface area contributed by atoms with Gasteiger partial charge in [0.1, 0.15) is 0 Å². The average molecular weight is 371 g/mol. The minimum atomic E-state index is 0.244. The van der Waals surface area contributed by atoms with Crippen molar-refractivity contribution in [3.8, 4) is 0 Å². The van der Waals surface area contributed by atoms with E-state index in [-0.39, 0.29) is 11.9 Å². The van der Waals surface area contributed by atoms with Crippen LogP contribution in [-0.4, -0.2) is 44.7 Å². The maximum absolute atomic E-state index is 13.0. The number of carbonyl (C=O) groups is 1. The highest BCUT2D eigenvalue weighted by Gasteiger charge is 2.33. The third kappa shape index (κ3) is 3.44. The number of rotatable bonds is 3. The number of quaternary nitrogens is 1. The van der Waals surface area contributed by atoms with Gasteiger partial charge in [-0.05, 0) is 43.2 Å². The number of benzene rings is 2. The van der Waals surface area contributed by atoms with Crippen molar-refractivity contribution in [3.63, 3.8) is 0 Å². The Morgan fingerprint density at radius 1 is 1.15 bits per heavy atom. The second kappa shape index (κ2) is 7.29. The van der Waals surface area contributed by atoms with E-state index in [9.17, 15) is 4.79 Å². The van der Waals surface area contributed by atoms with Crippen LogP contribution in [0.4, 0.5) is 11.4 Å². The zero-order valence-electron chi connectivity index (χ0n) is 15.1. The fraction of sp³-hybridized carbons (Fsp3) is 0.381. The van der Waals surface area contributed by atoms with Crippen molar-refractivity contribution in [2.24, 2.45) is 0 Å². The van der Waals surface area contributed by atoms with Crippen LogP contribution in [0.5, 0.6) is 0 Å². The molecule has 1 N–H and O–H groups in total. The van der Waals surface area contributed by atoms with E-state index in [2.05, 4.69) is 36.1 Å². The number of nitrogens with one attached hydrogen (secondary N) is 1. The van der Waals surface area contributed by atoms with Gasteiger partial charge in [0.2, 0.25) is 0 Å². The number of fused-ring (bicyclic) bond motifs is 1. The fourth-order valence-electron chi connectivity index (χ4n) is 4.18. The molecule has 26 heavy (non-hydrogen) atoms. The molecule has 0 bridgehead atoms. The van der Waals surface area contributed by atoms with Crippen LogP contribution in [0, 0.1) is 0 Å². The van der Waals surface area contributed by atoms with E-state index in [1.807, 2.05) is 29.2 Å². The van der Waals surface area contributed by atoms with Gasteiger partial charge in [0, 0.05) is 22.4 Å². The van der Waals surface area contributed by atoms with Gasteiger partial charge < -0.3 is 14.7 Å². The number of carbonyl (C=O) groups excluding carboxylic acids is 1.